The molecule has 3 aliphatic heterocycles. The number of urea groups is 1. The predicted molar refractivity (Wildman–Crippen MR) is 189 cm³/mol. The second-order valence-electron chi connectivity index (χ2n) is 13.7. The van der Waals surface area contributed by atoms with Crippen LogP contribution >= 0.6 is 0 Å². The SMILES string of the molecule is CN(C(=O)N1CCC(C(=O)c2ccc(-c3cnn(CCN4CCCC4)c3)cc2)CC1)c1ccc(-c2cnn(CCN3CCCC3)c2)cc1. The fourth-order valence-corrected chi connectivity index (χ4v) is 7.37. The molecular formula is C38H48N8O2. The summed E-state index contributed by atoms with van der Waals surface area (Å²) < 4.78 is 4.04. The van der Waals surface area contributed by atoms with E-state index in [1.54, 1.807) is 4.90 Å². The molecule has 48 heavy (non-hydrogen) atoms. The Labute approximate surface area is 283 Å². The maximum absolute atomic E-state index is 13.4. The second kappa shape index (κ2) is 14.9. The Bertz CT molecular complexity index is 1660. The average Bonchev–Trinajstić information content (AvgIpc) is 3.98. The lowest BCUT2D eigenvalue weighted by molar-refractivity contribution is 0.0857. The minimum atomic E-state index is -0.0749. The molecule has 3 saturated heterocycles. The van der Waals surface area contributed by atoms with Gasteiger partial charge in [0.15, 0.2) is 5.78 Å². The van der Waals surface area contributed by atoms with Gasteiger partial charge in [-0.05, 0) is 88.0 Å². The number of rotatable bonds is 11. The Balaban J connectivity index is 0.878. The number of benzene rings is 2. The first-order valence-corrected chi connectivity index (χ1v) is 17.8. The Morgan fingerprint density at radius 1 is 0.646 bits per heavy atom. The van der Waals surface area contributed by atoms with Crippen LogP contribution in [0.1, 0.15) is 48.9 Å². The zero-order valence-electron chi connectivity index (χ0n) is 28.2. The molecule has 252 valence electrons. The van der Waals surface area contributed by atoms with E-state index in [1.165, 1.54) is 51.9 Å². The van der Waals surface area contributed by atoms with Gasteiger partial charge in [-0.3, -0.25) is 19.1 Å². The number of aromatic nitrogens is 4. The number of nitrogens with zero attached hydrogens (tertiary/aromatic N) is 8. The predicted octanol–water partition coefficient (Wildman–Crippen LogP) is 5.76. The summed E-state index contributed by atoms with van der Waals surface area (Å²) in [6, 6.07) is 16.0. The van der Waals surface area contributed by atoms with Crippen molar-refractivity contribution in [2.24, 2.45) is 5.92 Å². The van der Waals surface area contributed by atoms with Crippen LogP contribution in [0, 0.1) is 5.92 Å². The second-order valence-corrected chi connectivity index (χ2v) is 13.7. The van der Waals surface area contributed by atoms with Crippen molar-refractivity contribution in [3.05, 3.63) is 78.9 Å². The third-order valence-electron chi connectivity index (χ3n) is 10.5. The number of carbonyl (C=O) groups is 2. The number of anilines is 1. The molecule has 0 saturated carbocycles. The Morgan fingerprint density at radius 3 is 1.62 bits per heavy atom. The topological polar surface area (TPSA) is 82.7 Å². The van der Waals surface area contributed by atoms with Gasteiger partial charge in [-0.1, -0.05) is 36.4 Å². The van der Waals surface area contributed by atoms with Crippen LogP contribution in [0.5, 0.6) is 0 Å². The standard InChI is InChI=1S/C38H48N8O2/c1-41(36-12-10-31(11-13-36)35-27-40-46(29-35)25-23-43-18-4-5-19-43)38(48)44-20-14-33(15-21-44)37(47)32-8-6-30(7-9-32)34-26-39-45(28-34)24-22-42-16-2-3-17-42/h6-13,26-29,33H,2-5,14-25H2,1H3. The molecular weight excluding hydrogens is 600 g/mol. The zero-order valence-corrected chi connectivity index (χ0v) is 28.2. The first-order valence-electron chi connectivity index (χ1n) is 17.8. The van der Waals surface area contributed by atoms with E-state index >= 15 is 0 Å². The van der Waals surface area contributed by atoms with Crippen LogP contribution in [0.25, 0.3) is 22.3 Å². The highest BCUT2D eigenvalue weighted by Crippen LogP contribution is 2.27. The van der Waals surface area contributed by atoms with Crippen molar-refractivity contribution in [1.29, 1.82) is 0 Å². The van der Waals surface area contributed by atoms with E-state index in [9.17, 15) is 9.59 Å². The lowest BCUT2D eigenvalue weighted by Crippen LogP contribution is -2.46. The number of piperidine rings is 1. The van der Waals surface area contributed by atoms with Crippen molar-refractivity contribution >= 4 is 17.5 Å². The van der Waals surface area contributed by atoms with Crippen molar-refractivity contribution in [1.82, 2.24) is 34.3 Å². The van der Waals surface area contributed by atoms with Crippen LogP contribution in [0.3, 0.4) is 0 Å². The van der Waals surface area contributed by atoms with Gasteiger partial charge in [0.1, 0.15) is 0 Å². The molecule has 0 atom stereocenters. The van der Waals surface area contributed by atoms with Crippen LogP contribution in [0.4, 0.5) is 10.5 Å². The van der Waals surface area contributed by atoms with Gasteiger partial charge in [0.05, 0.1) is 25.5 Å². The Hall–Kier alpha value is -4.28. The summed E-state index contributed by atoms with van der Waals surface area (Å²) in [6.07, 6.45) is 14.6. The van der Waals surface area contributed by atoms with Gasteiger partial charge < -0.3 is 14.7 Å². The molecule has 3 aliphatic rings. The molecule has 10 heteroatoms. The molecule has 0 radical (unpaired) electrons. The largest absolute Gasteiger partial charge is 0.324 e. The molecule has 3 fully saturated rings. The third kappa shape index (κ3) is 7.55. The molecule has 10 nitrogen and oxygen atoms in total. The summed E-state index contributed by atoms with van der Waals surface area (Å²) in [4.78, 5) is 35.4. The highest BCUT2D eigenvalue weighted by atomic mass is 16.2. The maximum Gasteiger partial charge on any atom is 0.324 e. The monoisotopic (exact) mass is 648 g/mol. The zero-order chi connectivity index (χ0) is 32.9. The first kappa shape index (κ1) is 32.3. The average molecular weight is 649 g/mol. The molecule has 2 aromatic carbocycles. The van der Waals surface area contributed by atoms with Crippen LogP contribution in [0.15, 0.2) is 73.3 Å². The molecule has 0 spiro atoms. The van der Waals surface area contributed by atoms with Crippen molar-refractivity contribution < 1.29 is 9.59 Å². The molecule has 0 aliphatic carbocycles. The van der Waals surface area contributed by atoms with E-state index in [0.29, 0.717) is 25.9 Å². The van der Waals surface area contributed by atoms with E-state index in [-0.39, 0.29) is 17.7 Å². The number of ketones is 1. The quantitative estimate of drug-likeness (QED) is 0.193. The number of hydrogen-bond acceptors (Lipinski definition) is 6. The normalized spacial score (nSPS) is 17.7. The number of hydrogen-bond donors (Lipinski definition) is 0. The maximum atomic E-state index is 13.4. The van der Waals surface area contributed by atoms with Gasteiger partial charge >= 0.3 is 6.03 Å². The third-order valence-corrected chi connectivity index (χ3v) is 10.5. The molecule has 0 N–H and O–H groups in total. The first-order chi connectivity index (χ1) is 23.5. The van der Waals surface area contributed by atoms with Crippen molar-refractivity contribution in [2.75, 3.05) is 64.3 Å². The van der Waals surface area contributed by atoms with Crippen molar-refractivity contribution in [3.8, 4) is 22.3 Å². The van der Waals surface area contributed by atoms with Crippen LogP contribution < -0.4 is 4.90 Å². The van der Waals surface area contributed by atoms with E-state index in [4.69, 9.17) is 0 Å². The number of amides is 2. The number of likely N-dealkylation sites (tertiary alicyclic amines) is 3. The summed E-state index contributed by atoms with van der Waals surface area (Å²) in [5.74, 6) is 0.0902. The molecule has 2 aromatic heterocycles. The van der Waals surface area contributed by atoms with Gasteiger partial charge in [0.25, 0.3) is 0 Å². The van der Waals surface area contributed by atoms with E-state index in [2.05, 4.69) is 44.5 Å². The van der Waals surface area contributed by atoms with Gasteiger partial charge in [0.2, 0.25) is 0 Å². The summed E-state index contributed by atoms with van der Waals surface area (Å²) in [7, 11) is 1.82. The minimum absolute atomic E-state index is 0.0336. The highest BCUT2D eigenvalue weighted by molar-refractivity contribution is 5.98. The summed E-state index contributed by atoms with van der Waals surface area (Å²) in [5.41, 5.74) is 5.89. The van der Waals surface area contributed by atoms with E-state index in [1.807, 2.05) is 70.1 Å². The lowest BCUT2D eigenvalue weighted by Gasteiger charge is -2.34. The molecule has 5 heterocycles. The molecule has 2 amide bonds. The van der Waals surface area contributed by atoms with Crippen LogP contribution in [-0.2, 0) is 13.1 Å². The Morgan fingerprint density at radius 2 is 1.12 bits per heavy atom. The van der Waals surface area contributed by atoms with E-state index in [0.717, 1.165) is 59.7 Å². The van der Waals surface area contributed by atoms with Crippen molar-refractivity contribution in [2.45, 2.75) is 51.6 Å². The van der Waals surface area contributed by atoms with Gasteiger partial charge in [-0.15, -0.1) is 0 Å². The molecule has 7 rings (SSSR count). The lowest BCUT2D eigenvalue weighted by atomic mass is 9.88. The summed E-state index contributed by atoms with van der Waals surface area (Å²) in [6.45, 7) is 9.79. The molecule has 0 bridgehead atoms. The summed E-state index contributed by atoms with van der Waals surface area (Å²) in [5, 5.41) is 9.12. The van der Waals surface area contributed by atoms with Gasteiger partial charge in [-0.25, -0.2) is 4.79 Å². The van der Waals surface area contributed by atoms with E-state index < -0.39 is 0 Å². The smallest absolute Gasteiger partial charge is 0.324 e. The number of Topliss-reactive ketones (excluding diaryl/α,β-unsaturated/α-hetero) is 1. The minimum Gasteiger partial charge on any atom is -0.324 e. The van der Waals surface area contributed by atoms with Gasteiger partial charge in [0, 0.05) is 73.9 Å². The van der Waals surface area contributed by atoms with Gasteiger partial charge in [-0.2, -0.15) is 10.2 Å². The fraction of sp³-hybridized carbons (Fsp3) is 0.474. The van der Waals surface area contributed by atoms with Crippen LogP contribution in [-0.4, -0.2) is 105 Å². The van der Waals surface area contributed by atoms with Crippen LogP contribution in [0.2, 0.25) is 0 Å². The Kier molecular flexibility index (Phi) is 10.00. The highest BCUT2D eigenvalue weighted by Gasteiger charge is 2.29. The fourth-order valence-electron chi connectivity index (χ4n) is 7.37. The molecule has 0 unspecified atom stereocenters. The van der Waals surface area contributed by atoms with Crippen molar-refractivity contribution in [3.63, 3.8) is 0 Å². The molecule has 4 aromatic rings. The number of carbonyl (C=O) groups excluding carboxylic acids is 2. The summed E-state index contributed by atoms with van der Waals surface area (Å²) >= 11 is 0.